The third-order valence-electron chi connectivity index (χ3n) is 10.9. The summed E-state index contributed by atoms with van der Waals surface area (Å²) < 4.78 is 23.1. The van der Waals surface area contributed by atoms with Gasteiger partial charge in [0.1, 0.15) is 0 Å². The molecule has 5 heteroatoms. The Bertz CT molecular complexity index is 803. The molecule has 34 heavy (non-hydrogen) atoms. The third-order valence-corrected chi connectivity index (χ3v) is 10.9. The van der Waals surface area contributed by atoms with Crippen molar-refractivity contribution < 1.29 is 23.7 Å². The number of rotatable bonds is 8. The number of hydrogen-bond donors (Lipinski definition) is 1. The summed E-state index contributed by atoms with van der Waals surface area (Å²) in [4.78, 5) is 0. The van der Waals surface area contributed by atoms with Crippen molar-refractivity contribution in [1.82, 2.24) is 0 Å². The molecule has 0 saturated heterocycles. The predicted octanol–water partition coefficient (Wildman–Crippen LogP) is 6.31. The summed E-state index contributed by atoms with van der Waals surface area (Å²) in [5, 5.41) is 12.4. The molecule has 1 aromatic rings. The highest BCUT2D eigenvalue weighted by Gasteiger charge is 2.67. The maximum Gasteiger partial charge on any atom is 0.180 e. The minimum atomic E-state index is -0.554. The molecule has 4 fully saturated rings. The Kier molecular flexibility index (Phi) is 6.95. The van der Waals surface area contributed by atoms with Crippen LogP contribution in [0.25, 0.3) is 0 Å². The van der Waals surface area contributed by atoms with Crippen LogP contribution in [0.3, 0.4) is 0 Å². The first-order valence-electron chi connectivity index (χ1n) is 13.9. The van der Waals surface area contributed by atoms with Gasteiger partial charge in [0, 0.05) is 18.6 Å². The summed E-state index contributed by atoms with van der Waals surface area (Å²) in [6, 6.07) is 2.12. The highest BCUT2D eigenvalue weighted by Crippen LogP contribution is 2.70. The van der Waals surface area contributed by atoms with Crippen molar-refractivity contribution in [3.05, 3.63) is 24.2 Å². The summed E-state index contributed by atoms with van der Waals surface area (Å²) in [6.07, 6.45) is 13.9. The number of aliphatic hydroxyl groups is 1. The van der Waals surface area contributed by atoms with Gasteiger partial charge in [0.15, 0.2) is 6.29 Å². The smallest absolute Gasteiger partial charge is 0.180 e. The standard InChI is InChI=1S/C29H46O5/c1-5-32-26(33-6-2)19-34-22-9-13-27(3)21(17-22)7-8-25-24(27)10-14-28(4)23(11-15-29(25,28)30)20-12-16-31-18-20/h12,16,18,21-26,30H,5-11,13-15,17,19H2,1-4H3/t21?,22?,23?,24-,25-,27+,28-,29-/m1/s1. The van der Waals surface area contributed by atoms with Crippen molar-refractivity contribution in [3.8, 4) is 0 Å². The van der Waals surface area contributed by atoms with Gasteiger partial charge in [-0.15, -0.1) is 0 Å². The quantitative estimate of drug-likeness (QED) is 0.448. The first-order chi connectivity index (χ1) is 16.4. The molecule has 8 atom stereocenters. The molecule has 0 spiro atoms. The van der Waals surface area contributed by atoms with Crippen LogP contribution in [0.1, 0.15) is 97.0 Å². The molecule has 0 amide bonds. The fourth-order valence-electron chi connectivity index (χ4n) is 9.08. The largest absolute Gasteiger partial charge is 0.472 e. The van der Waals surface area contributed by atoms with Crippen LogP contribution in [0.2, 0.25) is 0 Å². The molecule has 0 bridgehead atoms. The van der Waals surface area contributed by atoms with E-state index < -0.39 is 5.60 Å². The molecule has 0 aromatic carbocycles. The molecular weight excluding hydrogens is 428 g/mol. The van der Waals surface area contributed by atoms with Crippen LogP contribution in [0.5, 0.6) is 0 Å². The van der Waals surface area contributed by atoms with Crippen molar-refractivity contribution in [2.24, 2.45) is 28.6 Å². The van der Waals surface area contributed by atoms with Crippen molar-refractivity contribution in [3.63, 3.8) is 0 Å². The van der Waals surface area contributed by atoms with Crippen molar-refractivity contribution in [2.45, 2.75) is 109 Å². The predicted molar refractivity (Wildman–Crippen MR) is 131 cm³/mol. The lowest BCUT2D eigenvalue weighted by molar-refractivity contribution is -0.214. The Balaban J connectivity index is 1.27. The van der Waals surface area contributed by atoms with E-state index in [1.54, 1.807) is 6.26 Å². The number of hydrogen-bond acceptors (Lipinski definition) is 5. The SMILES string of the molecule is CCOC(COC1CC[C@@]2(C)C(CC[C@@H]3[C@H]2CC[C@]2(C)C(c4ccoc4)CC[C@@]32O)C1)OCC. The van der Waals surface area contributed by atoms with Crippen LogP contribution in [0.4, 0.5) is 0 Å². The van der Waals surface area contributed by atoms with E-state index in [9.17, 15) is 5.11 Å². The van der Waals surface area contributed by atoms with Gasteiger partial charge in [-0.2, -0.15) is 0 Å². The van der Waals surface area contributed by atoms with Gasteiger partial charge in [0.2, 0.25) is 0 Å². The molecule has 0 radical (unpaired) electrons. The highest BCUT2D eigenvalue weighted by molar-refractivity contribution is 5.26. The van der Waals surface area contributed by atoms with E-state index in [0.29, 0.717) is 55.0 Å². The molecule has 0 aliphatic heterocycles. The Morgan fingerprint density at radius 3 is 2.50 bits per heavy atom. The van der Waals surface area contributed by atoms with Crippen LogP contribution < -0.4 is 0 Å². The fourth-order valence-corrected chi connectivity index (χ4v) is 9.08. The molecule has 4 saturated carbocycles. The van der Waals surface area contributed by atoms with E-state index in [1.165, 1.54) is 24.8 Å². The summed E-state index contributed by atoms with van der Waals surface area (Å²) >= 11 is 0. The maximum absolute atomic E-state index is 12.4. The molecule has 3 unspecified atom stereocenters. The van der Waals surface area contributed by atoms with E-state index in [4.69, 9.17) is 18.6 Å². The minimum absolute atomic E-state index is 0.0465. The minimum Gasteiger partial charge on any atom is -0.472 e. The van der Waals surface area contributed by atoms with Crippen LogP contribution >= 0.6 is 0 Å². The molecule has 5 rings (SSSR count). The van der Waals surface area contributed by atoms with Gasteiger partial charge in [-0.3, -0.25) is 0 Å². The van der Waals surface area contributed by atoms with Crippen LogP contribution in [0, 0.1) is 28.6 Å². The molecule has 4 aliphatic carbocycles. The van der Waals surface area contributed by atoms with Gasteiger partial charge < -0.3 is 23.7 Å². The van der Waals surface area contributed by atoms with Crippen molar-refractivity contribution >= 4 is 0 Å². The summed E-state index contributed by atoms with van der Waals surface area (Å²) in [7, 11) is 0. The Morgan fingerprint density at radius 1 is 1.00 bits per heavy atom. The first-order valence-corrected chi connectivity index (χ1v) is 13.9. The number of ether oxygens (including phenoxy) is 3. The van der Waals surface area contributed by atoms with Gasteiger partial charge in [0.25, 0.3) is 0 Å². The molecular formula is C29H46O5. The third kappa shape index (κ3) is 3.90. The summed E-state index contributed by atoms with van der Waals surface area (Å²) in [5.74, 6) is 2.13. The van der Waals surface area contributed by atoms with Crippen LogP contribution in [-0.4, -0.2) is 42.9 Å². The Morgan fingerprint density at radius 2 is 1.79 bits per heavy atom. The van der Waals surface area contributed by atoms with Crippen molar-refractivity contribution in [1.29, 1.82) is 0 Å². The zero-order valence-corrected chi connectivity index (χ0v) is 21.8. The molecule has 5 nitrogen and oxygen atoms in total. The summed E-state index contributed by atoms with van der Waals surface area (Å²) in [5.41, 5.74) is 0.996. The lowest BCUT2D eigenvalue weighted by atomic mass is 9.43. The zero-order valence-electron chi connectivity index (χ0n) is 21.8. The molecule has 192 valence electrons. The molecule has 1 N–H and O–H groups in total. The fraction of sp³-hybridized carbons (Fsp3) is 0.862. The molecule has 1 heterocycles. The van der Waals surface area contributed by atoms with E-state index in [-0.39, 0.29) is 11.7 Å². The van der Waals surface area contributed by atoms with E-state index in [2.05, 4.69) is 19.9 Å². The second-order valence-corrected chi connectivity index (χ2v) is 12.1. The average molecular weight is 475 g/mol. The molecule has 1 aromatic heterocycles. The second kappa shape index (κ2) is 9.53. The monoisotopic (exact) mass is 474 g/mol. The van der Waals surface area contributed by atoms with Gasteiger partial charge in [-0.25, -0.2) is 0 Å². The number of fused-ring (bicyclic) bond motifs is 5. The van der Waals surface area contributed by atoms with Gasteiger partial charge in [-0.1, -0.05) is 13.8 Å². The van der Waals surface area contributed by atoms with Gasteiger partial charge in [0.05, 0.1) is 30.8 Å². The average Bonchev–Trinajstić information content (AvgIpc) is 3.43. The second-order valence-electron chi connectivity index (χ2n) is 12.1. The van der Waals surface area contributed by atoms with Crippen LogP contribution in [0.15, 0.2) is 23.0 Å². The van der Waals surface area contributed by atoms with E-state index in [0.717, 1.165) is 38.5 Å². The normalized spacial score (nSPS) is 44.0. The first kappa shape index (κ1) is 24.8. The molecule has 4 aliphatic rings. The van der Waals surface area contributed by atoms with E-state index >= 15 is 0 Å². The Labute approximate surface area is 205 Å². The van der Waals surface area contributed by atoms with Crippen LogP contribution in [-0.2, 0) is 14.2 Å². The van der Waals surface area contributed by atoms with Gasteiger partial charge >= 0.3 is 0 Å². The lowest BCUT2D eigenvalue weighted by Crippen LogP contribution is -2.62. The van der Waals surface area contributed by atoms with E-state index in [1.807, 2.05) is 20.1 Å². The van der Waals surface area contributed by atoms with Gasteiger partial charge in [-0.05, 0) is 112 Å². The zero-order chi connectivity index (χ0) is 24.0. The maximum atomic E-state index is 12.4. The highest BCUT2D eigenvalue weighted by atomic mass is 16.7. The topological polar surface area (TPSA) is 61.1 Å². The number of furan rings is 1. The Hall–Kier alpha value is -0.880. The lowest BCUT2D eigenvalue weighted by Gasteiger charge is -2.63. The summed E-state index contributed by atoms with van der Waals surface area (Å²) in [6.45, 7) is 10.7. The van der Waals surface area contributed by atoms with Crippen molar-refractivity contribution in [2.75, 3.05) is 19.8 Å².